The first-order valence-electron chi connectivity index (χ1n) is 10.7. The van der Waals surface area contributed by atoms with Gasteiger partial charge in [0.05, 0.1) is 19.2 Å². The molecule has 35 heavy (non-hydrogen) atoms. The molecule has 0 aromatic heterocycles. The Kier molecular flexibility index (Phi) is 9.08. The number of fused-ring (bicyclic) bond motifs is 2. The molecule has 2 heterocycles. The maximum absolute atomic E-state index is 9.55. The van der Waals surface area contributed by atoms with Gasteiger partial charge in [-0.2, -0.15) is 0 Å². The normalized spacial score (nSPS) is 15.2. The molecule has 2 N–H and O–H groups in total. The van der Waals surface area contributed by atoms with Gasteiger partial charge in [0.15, 0.2) is 0 Å². The second-order valence-electron chi connectivity index (χ2n) is 7.82. The number of aliphatic carboxylic acids is 2. The van der Waals surface area contributed by atoms with Crippen LogP contribution in [0.15, 0.2) is 52.3 Å². The Morgan fingerprint density at radius 1 is 0.971 bits per heavy atom. The number of piperazine rings is 1. The van der Waals surface area contributed by atoms with Crippen LogP contribution in [-0.4, -0.2) is 79.4 Å². The zero-order chi connectivity index (χ0) is 25.5. The second-order valence-corrected chi connectivity index (χ2v) is 9.31. The highest BCUT2D eigenvalue weighted by atomic mass is 35.5. The van der Waals surface area contributed by atoms with Crippen LogP contribution in [-0.2, 0) is 9.59 Å². The minimum absolute atomic E-state index is 0.558. The van der Waals surface area contributed by atoms with Crippen LogP contribution >= 0.6 is 23.4 Å². The Labute approximate surface area is 213 Å². The molecule has 0 unspecified atom stereocenters. The van der Waals surface area contributed by atoms with Crippen LogP contribution in [0.3, 0.4) is 0 Å². The lowest BCUT2D eigenvalue weighted by atomic mass is 10.1. The van der Waals surface area contributed by atoms with Crippen LogP contribution in [0.4, 0.5) is 0 Å². The number of hydrogen-bond donors (Lipinski definition) is 2. The summed E-state index contributed by atoms with van der Waals surface area (Å²) in [5, 5.41) is 16.3. The number of carbonyl (C=O) groups is 2. The lowest BCUT2D eigenvalue weighted by Crippen LogP contribution is -2.43. The van der Waals surface area contributed by atoms with E-state index in [4.69, 9.17) is 31.3 Å². The fourth-order valence-corrected chi connectivity index (χ4v) is 4.96. The third-order valence-electron chi connectivity index (χ3n) is 5.48. The Bertz CT molecular complexity index is 1140. The molecule has 1 saturated heterocycles. The predicted octanol–water partition coefficient (Wildman–Crippen LogP) is 4.28. The van der Waals surface area contributed by atoms with Crippen molar-refractivity contribution >= 4 is 47.1 Å². The van der Waals surface area contributed by atoms with Gasteiger partial charge in [0.2, 0.25) is 0 Å². The van der Waals surface area contributed by atoms with Crippen molar-refractivity contribution in [3.05, 3.63) is 58.6 Å². The molecule has 4 rings (SSSR count). The number of carboxylic acid groups (broad SMARTS) is 2. The average molecular weight is 519 g/mol. The van der Waals surface area contributed by atoms with E-state index in [1.165, 1.54) is 16.2 Å². The number of halogens is 1. The van der Waals surface area contributed by atoms with Gasteiger partial charge in [0, 0.05) is 59.4 Å². The summed E-state index contributed by atoms with van der Waals surface area (Å²) >= 11 is 8.22. The Morgan fingerprint density at radius 3 is 2.20 bits per heavy atom. The highest BCUT2D eigenvalue weighted by Crippen LogP contribution is 2.46. The molecule has 0 aliphatic carbocycles. The summed E-state index contributed by atoms with van der Waals surface area (Å²) in [4.78, 5) is 26.2. The molecule has 1 fully saturated rings. The molecule has 0 bridgehead atoms. The molecule has 0 saturated carbocycles. The van der Waals surface area contributed by atoms with Crippen LogP contribution < -0.4 is 9.47 Å². The van der Waals surface area contributed by atoms with E-state index in [1.54, 1.807) is 26.0 Å². The summed E-state index contributed by atoms with van der Waals surface area (Å²) in [6.45, 7) is 4.11. The van der Waals surface area contributed by atoms with E-state index < -0.39 is 11.9 Å². The van der Waals surface area contributed by atoms with Crippen LogP contribution in [0.25, 0.3) is 11.8 Å². The number of hydrogen-bond acceptors (Lipinski definition) is 7. The molecule has 0 atom stereocenters. The SMILES string of the molecule is COc1ccc2c(c1)Sc1cc(OC)c(Cl)cc1C(N1CCN(C)CC1)=C2.O=C(O)/C=C/C(=O)O. The predicted molar refractivity (Wildman–Crippen MR) is 136 cm³/mol. The lowest BCUT2D eigenvalue weighted by molar-refractivity contribution is -0.134. The molecule has 0 radical (unpaired) electrons. The van der Waals surface area contributed by atoms with Crippen molar-refractivity contribution in [2.45, 2.75) is 9.79 Å². The third kappa shape index (κ3) is 6.94. The number of methoxy groups -OCH3 is 2. The Balaban J connectivity index is 0.000000371. The summed E-state index contributed by atoms with van der Waals surface area (Å²) in [7, 11) is 5.53. The summed E-state index contributed by atoms with van der Waals surface area (Å²) in [6, 6.07) is 10.3. The van der Waals surface area contributed by atoms with Gasteiger partial charge in [-0.05, 0) is 43.0 Å². The van der Waals surface area contributed by atoms with E-state index in [9.17, 15) is 9.59 Å². The first-order chi connectivity index (χ1) is 16.7. The average Bonchev–Trinajstić information content (AvgIpc) is 2.99. The monoisotopic (exact) mass is 518 g/mol. The number of rotatable bonds is 5. The molecule has 2 aromatic carbocycles. The van der Waals surface area contributed by atoms with Gasteiger partial charge in [0.25, 0.3) is 0 Å². The van der Waals surface area contributed by atoms with Crippen molar-refractivity contribution in [3.63, 3.8) is 0 Å². The number of carboxylic acids is 2. The van der Waals surface area contributed by atoms with E-state index in [2.05, 4.69) is 35.1 Å². The van der Waals surface area contributed by atoms with Crippen LogP contribution in [0.5, 0.6) is 11.5 Å². The first-order valence-corrected chi connectivity index (χ1v) is 11.9. The molecular weight excluding hydrogens is 492 g/mol. The van der Waals surface area contributed by atoms with Crippen molar-refractivity contribution in [2.75, 3.05) is 47.4 Å². The topological polar surface area (TPSA) is 99.5 Å². The van der Waals surface area contributed by atoms with Gasteiger partial charge in [-0.25, -0.2) is 9.59 Å². The number of ether oxygens (including phenoxy) is 2. The van der Waals surface area contributed by atoms with Gasteiger partial charge in [-0.15, -0.1) is 0 Å². The second kappa shape index (κ2) is 12.0. The molecule has 2 aliphatic heterocycles. The highest BCUT2D eigenvalue weighted by molar-refractivity contribution is 7.99. The van der Waals surface area contributed by atoms with Crippen LogP contribution in [0.2, 0.25) is 5.02 Å². The summed E-state index contributed by atoms with van der Waals surface area (Å²) in [6.07, 6.45) is 3.40. The zero-order valence-electron chi connectivity index (χ0n) is 19.7. The third-order valence-corrected chi connectivity index (χ3v) is 6.90. The molecular formula is C25H27ClN2O6S. The minimum Gasteiger partial charge on any atom is -0.497 e. The van der Waals surface area contributed by atoms with Crippen molar-refractivity contribution in [3.8, 4) is 11.5 Å². The summed E-state index contributed by atoms with van der Waals surface area (Å²) < 4.78 is 10.9. The first kappa shape index (κ1) is 26.5. The molecule has 0 amide bonds. The van der Waals surface area contributed by atoms with Gasteiger partial charge < -0.3 is 29.5 Å². The maximum atomic E-state index is 9.55. The van der Waals surface area contributed by atoms with Gasteiger partial charge in [-0.3, -0.25) is 0 Å². The minimum atomic E-state index is -1.26. The standard InChI is InChI=1S/C21H23ClN2O2S.C4H4O4/c1-23-6-8-24(9-7-23)18-10-14-4-5-15(25-2)11-20(14)27-21-13-19(26-3)17(22)12-16(18)21;5-3(6)1-2-4(7)8/h4-5,10-13H,6-9H2,1-3H3;1-2H,(H,5,6)(H,7,8)/b;2-1+. The molecule has 186 valence electrons. The van der Waals surface area contributed by atoms with Gasteiger partial charge in [0.1, 0.15) is 11.5 Å². The fourth-order valence-electron chi connectivity index (χ4n) is 3.62. The largest absolute Gasteiger partial charge is 0.497 e. The van der Waals surface area contributed by atoms with Crippen molar-refractivity contribution in [1.82, 2.24) is 9.80 Å². The van der Waals surface area contributed by atoms with Crippen molar-refractivity contribution < 1.29 is 29.3 Å². The van der Waals surface area contributed by atoms with Crippen LogP contribution in [0, 0.1) is 0 Å². The smallest absolute Gasteiger partial charge is 0.328 e. The zero-order valence-corrected chi connectivity index (χ0v) is 21.2. The van der Waals surface area contributed by atoms with Crippen LogP contribution in [0.1, 0.15) is 11.1 Å². The molecule has 2 aromatic rings. The highest BCUT2D eigenvalue weighted by Gasteiger charge is 2.24. The number of likely N-dealkylation sites (N-methyl/N-ethyl adjacent to an activating group) is 1. The lowest BCUT2D eigenvalue weighted by Gasteiger charge is -2.36. The number of benzene rings is 2. The van der Waals surface area contributed by atoms with E-state index in [1.807, 2.05) is 18.2 Å². The number of nitrogens with zero attached hydrogens (tertiary/aromatic N) is 2. The quantitative estimate of drug-likeness (QED) is 0.562. The Morgan fingerprint density at radius 2 is 1.63 bits per heavy atom. The van der Waals surface area contributed by atoms with Crippen molar-refractivity contribution in [1.29, 1.82) is 0 Å². The van der Waals surface area contributed by atoms with Gasteiger partial charge in [-0.1, -0.05) is 29.4 Å². The summed E-state index contributed by atoms with van der Waals surface area (Å²) in [5.74, 6) is -0.952. The van der Waals surface area contributed by atoms with Crippen molar-refractivity contribution in [2.24, 2.45) is 0 Å². The fraction of sp³-hybridized carbons (Fsp3) is 0.280. The molecule has 10 heteroatoms. The van der Waals surface area contributed by atoms with Gasteiger partial charge >= 0.3 is 11.9 Å². The maximum Gasteiger partial charge on any atom is 0.328 e. The van der Waals surface area contributed by atoms with E-state index in [0.29, 0.717) is 22.9 Å². The molecule has 2 aliphatic rings. The summed E-state index contributed by atoms with van der Waals surface area (Å²) in [5.41, 5.74) is 3.57. The van der Waals surface area contributed by atoms with E-state index in [-0.39, 0.29) is 0 Å². The van der Waals surface area contributed by atoms with E-state index in [0.717, 1.165) is 42.4 Å². The molecule has 0 spiro atoms. The Hall–Kier alpha value is -3.14. The molecule has 8 nitrogen and oxygen atoms in total. The van der Waals surface area contributed by atoms with E-state index >= 15 is 0 Å².